The summed E-state index contributed by atoms with van der Waals surface area (Å²) in [6.07, 6.45) is 7.34. The van der Waals surface area contributed by atoms with Crippen molar-refractivity contribution in [1.29, 1.82) is 0 Å². The molecule has 2 aliphatic heterocycles. The minimum absolute atomic E-state index is 0.00606. The predicted molar refractivity (Wildman–Crippen MR) is 214 cm³/mol. The van der Waals surface area contributed by atoms with Gasteiger partial charge in [-0.2, -0.15) is 5.10 Å². The number of hydrogen-bond acceptors (Lipinski definition) is 13. The summed E-state index contributed by atoms with van der Waals surface area (Å²) in [5.41, 5.74) is 13.2. The molecule has 1 unspecified atom stereocenters. The Kier molecular flexibility index (Phi) is 16.4. The number of anilines is 2. The van der Waals surface area contributed by atoms with Gasteiger partial charge in [0.15, 0.2) is 5.82 Å². The molecule has 0 fully saturated rings. The lowest BCUT2D eigenvalue weighted by Crippen LogP contribution is -2.61. The number of amides is 2. The van der Waals surface area contributed by atoms with Gasteiger partial charge in [0.05, 0.1) is 31.0 Å². The molecule has 2 aromatic heterocycles. The van der Waals surface area contributed by atoms with Crippen LogP contribution in [-0.2, 0) is 20.9 Å². The van der Waals surface area contributed by atoms with E-state index in [9.17, 15) is 19.8 Å². The molecule has 16 nitrogen and oxygen atoms in total. The highest BCUT2D eigenvalue weighted by atomic mass is 16.6. The lowest BCUT2D eigenvalue weighted by Gasteiger charge is -2.37. The maximum absolute atomic E-state index is 12.8. The molecule has 2 aliphatic rings. The number of rotatable bonds is 15. The van der Waals surface area contributed by atoms with Crippen molar-refractivity contribution in [3.8, 4) is 17.3 Å². The number of aliphatic hydroxyl groups excluding tert-OH is 1. The number of nitrogens with zero attached hydrogens (tertiary/aromatic N) is 6. The largest absolute Gasteiger partial charge is 0.475 e. The lowest BCUT2D eigenvalue weighted by molar-refractivity contribution is -0.271. The van der Waals surface area contributed by atoms with Crippen LogP contribution in [0, 0.1) is 0 Å². The number of benzene rings is 2. The van der Waals surface area contributed by atoms with E-state index in [1.807, 2.05) is 95.3 Å². The standard InChI is InChI=1S/C22H31N5O5.C16H18N4O2.C2H6/c1-3-10-26(16-32-2)22(30,31)21(29)25-11-8-18(9-12-25)17-4-6-19(7-5-17)20-23-15-27(24-20)13-14-28;1-10(2)22-15-6-3-11(8-17-15)16-13-7-12(18-9-21)4-5-14(13)19-20-16;1-2/h4-8,15,28,30-31H,3,9-14,16H2,1-2H3;3-10,16,19-20H,1-2H3,(H,18,21);1-2H3. The molecule has 0 saturated carbocycles. The van der Waals surface area contributed by atoms with Gasteiger partial charge in [-0.05, 0) is 61.6 Å². The first-order chi connectivity index (χ1) is 27.1. The highest BCUT2D eigenvalue weighted by Crippen LogP contribution is 2.35. The Hall–Kier alpha value is -5.23. The average molecular weight is 774 g/mol. The number of methoxy groups -OCH3 is 1. The van der Waals surface area contributed by atoms with Gasteiger partial charge in [0, 0.05) is 55.8 Å². The summed E-state index contributed by atoms with van der Waals surface area (Å²) in [7, 11) is 1.45. The van der Waals surface area contributed by atoms with E-state index < -0.39 is 11.8 Å². The van der Waals surface area contributed by atoms with Crippen molar-refractivity contribution in [1.82, 2.24) is 35.0 Å². The lowest BCUT2D eigenvalue weighted by atomic mass is 9.98. The van der Waals surface area contributed by atoms with Crippen LogP contribution < -0.4 is 20.9 Å². The molecule has 0 aliphatic carbocycles. The maximum Gasteiger partial charge on any atom is 0.310 e. The van der Waals surface area contributed by atoms with Gasteiger partial charge in [-0.25, -0.2) is 20.3 Å². The van der Waals surface area contributed by atoms with E-state index in [1.165, 1.54) is 16.9 Å². The highest BCUT2D eigenvalue weighted by Gasteiger charge is 2.43. The predicted octanol–water partition coefficient (Wildman–Crippen LogP) is 3.99. The second-order valence-corrected chi connectivity index (χ2v) is 13.0. The number of hydrazine groups is 1. The number of carbonyl (C=O) groups is 2. The molecule has 56 heavy (non-hydrogen) atoms. The monoisotopic (exact) mass is 773 g/mol. The van der Waals surface area contributed by atoms with Gasteiger partial charge in [0.2, 0.25) is 12.3 Å². The first-order valence-corrected chi connectivity index (χ1v) is 18.8. The smallest absolute Gasteiger partial charge is 0.310 e. The zero-order valence-corrected chi connectivity index (χ0v) is 33.0. The number of carbonyl (C=O) groups excluding carboxylic acids is 2. The van der Waals surface area contributed by atoms with Crippen LogP contribution in [0.2, 0.25) is 0 Å². The summed E-state index contributed by atoms with van der Waals surface area (Å²) in [5.74, 6) is -2.15. The zero-order valence-electron chi connectivity index (χ0n) is 33.0. The number of fused-ring (bicyclic) bond motifs is 1. The Bertz CT molecular complexity index is 1860. The number of hydrogen-bond donors (Lipinski definition) is 6. The van der Waals surface area contributed by atoms with E-state index in [2.05, 4.69) is 31.2 Å². The van der Waals surface area contributed by atoms with E-state index in [1.54, 1.807) is 17.2 Å². The third-order valence-electron chi connectivity index (χ3n) is 8.77. The van der Waals surface area contributed by atoms with E-state index in [0.717, 1.165) is 39.2 Å². The van der Waals surface area contributed by atoms with E-state index >= 15 is 0 Å². The second kappa shape index (κ2) is 21.2. The first-order valence-electron chi connectivity index (χ1n) is 18.8. The normalized spacial score (nSPS) is 14.8. The molecule has 0 spiro atoms. The van der Waals surface area contributed by atoms with Crippen molar-refractivity contribution in [3.05, 3.63) is 89.9 Å². The quantitative estimate of drug-likeness (QED) is 0.0750. The second-order valence-electron chi connectivity index (χ2n) is 13.0. The number of pyridine rings is 1. The van der Waals surface area contributed by atoms with Crippen LogP contribution in [-0.4, -0.2) is 109 Å². The summed E-state index contributed by atoms with van der Waals surface area (Å²) in [5, 5.41) is 37.0. The van der Waals surface area contributed by atoms with Gasteiger partial charge in [-0.3, -0.25) is 14.3 Å². The molecule has 0 radical (unpaired) electrons. The van der Waals surface area contributed by atoms with Gasteiger partial charge < -0.3 is 40.4 Å². The van der Waals surface area contributed by atoms with Crippen molar-refractivity contribution in [3.63, 3.8) is 0 Å². The SMILES string of the molecule is CC.CC(C)Oc1ccc(C2NNc3ccc(NC=O)cc32)cn1.CCCN(COC)C(O)(O)C(=O)N1CC=C(c2ccc(-c3ncn(CCO)n3)cc2)CC1. The van der Waals surface area contributed by atoms with Gasteiger partial charge in [0.25, 0.3) is 5.91 Å². The summed E-state index contributed by atoms with van der Waals surface area (Å²) in [6.45, 7) is 11.2. The summed E-state index contributed by atoms with van der Waals surface area (Å²) in [4.78, 5) is 34.6. The Morgan fingerprint density at radius 3 is 2.46 bits per heavy atom. The summed E-state index contributed by atoms with van der Waals surface area (Å²) >= 11 is 0. The van der Waals surface area contributed by atoms with Gasteiger partial charge in [-0.15, -0.1) is 0 Å². The minimum atomic E-state index is -2.61. The van der Waals surface area contributed by atoms with E-state index in [-0.39, 0.29) is 25.5 Å². The van der Waals surface area contributed by atoms with Crippen LogP contribution in [0.3, 0.4) is 0 Å². The fourth-order valence-electron chi connectivity index (χ4n) is 6.11. The topological polar surface area (TPSA) is 199 Å². The van der Waals surface area contributed by atoms with Crippen LogP contribution in [0.25, 0.3) is 17.0 Å². The van der Waals surface area contributed by atoms with Crippen LogP contribution in [0.1, 0.15) is 70.2 Å². The Labute approximate surface area is 328 Å². The van der Waals surface area contributed by atoms with Crippen molar-refractivity contribution in [2.75, 3.05) is 50.8 Å². The van der Waals surface area contributed by atoms with Crippen LogP contribution in [0.5, 0.6) is 5.88 Å². The number of aromatic nitrogens is 4. The van der Waals surface area contributed by atoms with E-state index in [0.29, 0.717) is 57.1 Å². The first kappa shape index (κ1) is 43.5. The molecule has 2 aromatic carbocycles. The van der Waals surface area contributed by atoms with Crippen molar-refractivity contribution in [2.24, 2.45) is 0 Å². The molecule has 0 saturated heterocycles. The third-order valence-corrected chi connectivity index (χ3v) is 8.77. The van der Waals surface area contributed by atoms with Gasteiger partial charge in [0.1, 0.15) is 13.1 Å². The van der Waals surface area contributed by atoms with Crippen LogP contribution in [0.4, 0.5) is 11.4 Å². The number of ether oxygens (including phenoxy) is 2. The highest BCUT2D eigenvalue weighted by molar-refractivity contribution is 5.84. The Balaban J connectivity index is 0.000000253. The van der Waals surface area contributed by atoms with Crippen LogP contribution in [0.15, 0.2) is 73.2 Å². The molecular formula is C40H55N9O7. The molecule has 4 aromatic rings. The van der Waals surface area contributed by atoms with Crippen molar-refractivity contribution < 1.29 is 34.4 Å². The molecule has 1 atom stereocenters. The van der Waals surface area contributed by atoms with Crippen molar-refractivity contribution >= 4 is 29.3 Å². The maximum atomic E-state index is 12.8. The Morgan fingerprint density at radius 2 is 1.86 bits per heavy atom. The molecule has 6 rings (SSSR count). The molecule has 0 bridgehead atoms. The van der Waals surface area contributed by atoms with Gasteiger partial charge >= 0.3 is 5.91 Å². The average Bonchev–Trinajstić information content (AvgIpc) is 3.86. The molecule has 6 N–H and O–H groups in total. The molecule has 2 amide bonds. The van der Waals surface area contributed by atoms with Crippen LogP contribution >= 0.6 is 0 Å². The number of aliphatic hydroxyl groups is 3. The summed E-state index contributed by atoms with van der Waals surface area (Å²) < 4.78 is 12.2. The molecule has 4 heterocycles. The van der Waals surface area contributed by atoms with Crippen molar-refractivity contribution in [2.45, 2.75) is 72.1 Å². The third kappa shape index (κ3) is 11.2. The molecule has 16 heteroatoms. The minimum Gasteiger partial charge on any atom is -0.475 e. The molecule has 302 valence electrons. The Morgan fingerprint density at radius 1 is 1.11 bits per heavy atom. The zero-order chi connectivity index (χ0) is 40.7. The fourth-order valence-corrected chi connectivity index (χ4v) is 6.11. The molecular weight excluding hydrogens is 718 g/mol. The van der Waals surface area contributed by atoms with Gasteiger partial charge in [-0.1, -0.05) is 57.2 Å². The summed E-state index contributed by atoms with van der Waals surface area (Å²) in [6, 6.07) is 17.4. The fraction of sp³-hybridized carbons (Fsp3) is 0.425. The number of nitrogens with one attached hydrogen (secondary N) is 3. The van der Waals surface area contributed by atoms with E-state index in [4.69, 9.17) is 14.6 Å².